The molecule has 118 valence electrons. The van der Waals surface area contributed by atoms with Crippen molar-refractivity contribution in [3.63, 3.8) is 0 Å². The number of methoxy groups -OCH3 is 1. The molecule has 0 saturated carbocycles. The highest BCUT2D eigenvalue weighted by Gasteiger charge is 2.14. The fourth-order valence-corrected chi connectivity index (χ4v) is 3.61. The Labute approximate surface area is 143 Å². The summed E-state index contributed by atoms with van der Waals surface area (Å²) in [6.07, 6.45) is 3.43. The number of nitrogens with zero attached hydrogens (tertiary/aromatic N) is 3. The molecule has 24 heavy (non-hydrogen) atoms. The number of thiazole rings is 1. The summed E-state index contributed by atoms with van der Waals surface area (Å²) in [5.41, 5.74) is 4.97. The first-order valence-electron chi connectivity index (χ1n) is 7.57. The van der Waals surface area contributed by atoms with Gasteiger partial charge in [0.25, 0.3) is 0 Å². The summed E-state index contributed by atoms with van der Waals surface area (Å²) >= 11 is 1.69. The van der Waals surface area contributed by atoms with Crippen molar-refractivity contribution in [2.45, 2.75) is 6.92 Å². The van der Waals surface area contributed by atoms with Crippen molar-refractivity contribution < 1.29 is 4.74 Å². The third-order valence-corrected chi connectivity index (χ3v) is 4.85. The van der Waals surface area contributed by atoms with Crippen molar-refractivity contribution >= 4 is 22.4 Å². The van der Waals surface area contributed by atoms with E-state index in [1.54, 1.807) is 30.8 Å². The molecule has 0 fully saturated rings. The van der Waals surface area contributed by atoms with Gasteiger partial charge in [-0.1, -0.05) is 6.07 Å². The van der Waals surface area contributed by atoms with Crippen LogP contribution in [0.3, 0.4) is 0 Å². The van der Waals surface area contributed by atoms with Crippen molar-refractivity contribution in [3.05, 3.63) is 59.9 Å². The molecule has 0 saturated heterocycles. The van der Waals surface area contributed by atoms with E-state index in [0.29, 0.717) is 0 Å². The first kappa shape index (κ1) is 14.8. The molecule has 0 N–H and O–H groups in total. The Morgan fingerprint density at radius 3 is 2.33 bits per heavy atom. The van der Waals surface area contributed by atoms with E-state index in [1.165, 1.54) is 0 Å². The lowest BCUT2D eigenvalue weighted by atomic mass is 10.1. The minimum absolute atomic E-state index is 0.841. The Kier molecular flexibility index (Phi) is 3.70. The van der Waals surface area contributed by atoms with E-state index >= 15 is 0 Å². The Morgan fingerprint density at radius 2 is 1.58 bits per heavy atom. The van der Waals surface area contributed by atoms with E-state index in [9.17, 15) is 0 Å². The largest absolute Gasteiger partial charge is 0.497 e. The van der Waals surface area contributed by atoms with Gasteiger partial charge in [0.2, 0.25) is 0 Å². The molecule has 5 heteroatoms. The van der Waals surface area contributed by atoms with E-state index in [-0.39, 0.29) is 0 Å². The Balaban J connectivity index is 1.85. The number of aryl methyl sites for hydroxylation is 1. The molecule has 0 spiro atoms. The predicted octanol–water partition coefficient (Wildman–Crippen LogP) is 4.74. The van der Waals surface area contributed by atoms with Crippen LogP contribution in [0, 0.1) is 6.92 Å². The summed E-state index contributed by atoms with van der Waals surface area (Å²) in [5, 5.41) is 1.04. The molecule has 0 aliphatic rings. The minimum Gasteiger partial charge on any atom is -0.497 e. The van der Waals surface area contributed by atoms with Gasteiger partial charge in [0.05, 0.1) is 33.7 Å². The van der Waals surface area contributed by atoms with Gasteiger partial charge in [-0.15, -0.1) is 11.3 Å². The van der Waals surface area contributed by atoms with Gasteiger partial charge in [-0.05, 0) is 48.9 Å². The molecule has 0 aliphatic heterocycles. The van der Waals surface area contributed by atoms with Crippen LogP contribution in [0.15, 0.2) is 54.9 Å². The number of ether oxygens (including phenoxy) is 1. The van der Waals surface area contributed by atoms with Gasteiger partial charge in [-0.3, -0.25) is 9.97 Å². The van der Waals surface area contributed by atoms with E-state index in [2.05, 4.69) is 22.1 Å². The highest BCUT2D eigenvalue weighted by atomic mass is 32.1. The van der Waals surface area contributed by atoms with E-state index in [1.807, 2.05) is 37.3 Å². The van der Waals surface area contributed by atoms with E-state index in [0.717, 1.165) is 43.5 Å². The zero-order valence-corrected chi connectivity index (χ0v) is 14.2. The van der Waals surface area contributed by atoms with Gasteiger partial charge in [-0.2, -0.15) is 0 Å². The van der Waals surface area contributed by atoms with Gasteiger partial charge in [-0.25, -0.2) is 4.98 Å². The summed E-state index contributed by atoms with van der Waals surface area (Å²) in [6.45, 7) is 2.03. The number of rotatable bonds is 3. The third-order valence-electron chi connectivity index (χ3n) is 3.83. The predicted molar refractivity (Wildman–Crippen MR) is 97.4 cm³/mol. The summed E-state index contributed by atoms with van der Waals surface area (Å²) in [4.78, 5) is 14.6. The first-order chi connectivity index (χ1) is 11.7. The van der Waals surface area contributed by atoms with Crippen LogP contribution in [0.2, 0.25) is 0 Å². The Bertz CT molecular complexity index is 1010. The smallest absolute Gasteiger partial charge is 0.118 e. The van der Waals surface area contributed by atoms with Crippen LogP contribution in [0.5, 0.6) is 5.75 Å². The van der Waals surface area contributed by atoms with Gasteiger partial charge in [0, 0.05) is 18.0 Å². The second-order valence-corrected chi connectivity index (χ2v) is 6.60. The molecular formula is C19H15N3OS. The van der Waals surface area contributed by atoms with Crippen LogP contribution in [0.4, 0.5) is 0 Å². The van der Waals surface area contributed by atoms with Gasteiger partial charge < -0.3 is 4.74 Å². The summed E-state index contributed by atoms with van der Waals surface area (Å²) in [7, 11) is 1.67. The molecule has 0 aliphatic carbocycles. The average molecular weight is 333 g/mol. The number of hydrogen-bond acceptors (Lipinski definition) is 5. The van der Waals surface area contributed by atoms with Crippen LogP contribution >= 0.6 is 11.3 Å². The lowest BCUT2D eigenvalue weighted by Crippen LogP contribution is -1.86. The second-order valence-electron chi connectivity index (χ2n) is 5.40. The first-order valence-corrected chi connectivity index (χ1v) is 8.39. The maximum atomic E-state index is 5.24. The van der Waals surface area contributed by atoms with Crippen LogP contribution in [-0.2, 0) is 0 Å². The second kappa shape index (κ2) is 6.02. The molecule has 4 nitrogen and oxygen atoms in total. The summed E-state index contributed by atoms with van der Waals surface area (Å²) in [6, 6.07) is 14.2. The number of fused-ring (bicyclic) bond motifs is 1. The van der Waals surface area contributed by atoms with Crippen LogP contribution in [0.25, 0.3) is 32.7 Å². The molecule has 2 aromatic carbocycles. The standard InChI is InChI=1S/C19H15N3OS/c1-12-22-18(13-3-6-15(23-2)7-4-13)19(24-12)14-5-8-16-17(11-14)21-10-9-20-16/h3-11H,1-2H3. The molecule has 0 unspecified atom stereocenters. The quantitative estimate of drug-likeness (QED) is 0.543. The molecule has 0 bridgehead atoms. The zero-order chi connectivity index (χ0) is 16.5. The topological polar surface area (TPSA) is 47.9 Å². The maximum absolute atomic E-state index is 5.24. The normalized spacial score (nSPS) is 10.9. The van der Waals surface area contributed by atoms with Crippen molar-refractivity contribution in [2.24, 2.45) is 0 Å². The van der Waals surface area contributed by atoms with E-state index in [4.69, 9.17) is 9.72 Å². The third kappa shape index (κ3) is 2.63. The van der Waals surface area contributed by atoms with Gasteiger partial charge >= 0.3 is 0 Å². The van der Waals surface area contributed by atoms with Crippen LogP contribution < -0.4 is 4.74 Å². The fraction of sp³-hybridized carbons (Fsp3) is 0.105. The van der Waals surface area contributed by atoms with Crippen LogP contribution in [0.1, 0.15) is 5.01 Å². The van der Waals surface area contributed by atoms with Crippen molar-refractivity contribution in [1.29, 1.82) is 0 Å². The summed E-state index contributed by atoms with van der Waals surface area (Å²) < 4.78 is 5.24. The Morgan fingerprint density at radius 1 is 0.875 bits per heavy atom. The minimum atomic E-state index is 0.841. The van der Waals surface area contributed by atoms with Crippen molar-refractivity contribution in [2.75, 3.05) is 7.11 Å². The molecule has 2 aromatic heterocycles. The molecule has 4 aromatic rings. The Hall–Kier alpha value is -2.79. The fourth-order valence-electron chi connectivity index (χ4n) is 2.67. The molecule has 0 amide bonds. The van der Waals surface area contributed by atoms with Crippen molar-refractivity contribution in [1.82, 2.24) is 15.0 Å². The van der Waals surface area contributed by atoms with Gasteiger partial charge in [0.15, 0.2) is 0 Å². The zero-order valence-electron chi connectivity index (χ0n) is 13.4. The highest BCUT2D eigenvalue weighted by Crippen LogP contribution is 2.37. The lowest BCUT2D eigenvalue weighted by molar-refractivity contribution is 0.415. The number of benzene rings is 2. The lowest BCUT2D eigenvalue weighted by Gasteiger charge is -2.05. The molecular weight excluding hydrogens is 318 g/mol. The maximum Gasteiger partial charge on any atom is 0.118 e. The molecule has 4 rings (SSSR count). The molecule has 0 atom stereocenters. The number of aromatic nitrogens is 3. The number of hydrogen-bond donors (Lipinski definition) is 0. The monoisotopic (exact) mass is 333 g/mol. The average Bonchev–Trinajstić information content (AvgIpc) is 3.03. The van der Waals surface area contributed by atoms with E-state index < -0.39 is 0 Å². The van der Waals surface area contributed by atoms with Crippen LogP contribution in [-0.4, -0.2) is 22.1 Å². The molecule has 2 heterocycles. The SMILES string of the molecule is COc1ccc(-c2nc(C)sc2-c2ccc3nccnc3c2)cc1. The molecule has 0 radical (unpaired) electrons. The summed E-state index contributed by atoms with van der Waals surface area (Å²) in [5.74, 6) is 0.841. The van der Waals surface area contributed by atoms with Gasteiger partial charge in [0.1, 0.15) is 5.75 Å². The highest BCUT2D eigenvalue weighted by molar-refractivity contribution is 7.15. The van der Waals surface area contributed by atoms with Crippen molar-refractivity contribution in [3.8, 4) is 27.4 Å².